The van der Waals surface area contributed by atoms with Gasteiger partial charge in [-0.2, -0.15) is 13.2 Å². The number of benzene rings is 1. The van der Waals surface area contributed by atoms with E-state index in [4.69, 9.17) is 4.74 Å². The zero-order valence-electron chi connectivity index (χ0n) is 10.4. The first kappa shape index (κ1) is 14.8. The quantitative estimate of drug-likeness (QED) is 0.681. The van der Waals surface area contributed by atoms with E-state index >= 15 is 0 Å². The highest BCUT2D eigenvalue weighted by Gasteiger charge is 2.29. The maximum absolute atomic E-state index is 12.4. The molecular weight excluding hydrogens is 241 g/mol. The molecule has 0 N–H and O–H groups in total. The molecule has 0 fully saturated rings. The van der Waals surface area contributed by atoms with Gasteiger partial charge >= 0.3 is 6.18 Å². The van der Waals surface area contributed by atoms with Gasteiger partial charge < -0.3 is 4.74 Å². The summed E-state index contributed by atoms with van der Waals surface area (Å²) in [7, 11) is 1.64. The number of rotatable bonds is 6. The maximum Gasteiger partial charge on any atom is 0.416 e. The van der Waals surface area contributed by atoms with E-state index in [1.54, 1.807) is 7.11 Å². The first-order valence-electron chi connectivity index (χ1n) is 5.79. The Labute approximate surface area is 105 Å². The van der Waals surface area contributed by atoms with Crippen LogP contribution in [-0.4, -0.2) is 13.7 Å². The highest BCUT2D eigenvalue weighted by atomic mass is 19.4. The first-order chi connectivity index (χ1) is 8.45. The predicted octanol–water partition coefficient (Wildman–Crippen LogP) is 4.54. The van der Waals surface area contributed by atoms with Gasteiger partial charge in [-0.1, -0.05) is 18.7 Å². The van der Waals surface area contributed by atoms with Gasteiger partial charge in [-0.25, -0.2) is 0 Å². The molecule has 0 radical (unpaired) electrons. The van der Waals surface area contributed by atoms with Crippen LogP contribution in [0, 0.1) is 0 Å². The molecule has 0 heterocycles. The predicted molar refractivity (Wildman–Crippen MR) is 66.2 cm³/mol. The minimum atomic E-state index is -4.28. The van der Waals surface area contributed by atoms with Gasteiger partial charge in [0.25, 0.3) is 0 Å². The Balaban J connectivity index is 2.54. The van der Waals surface area contributed by atoms with Crippen molar-refractivity contribution in [3.63, 3.8) is 0 Å². The number of hydrogen-bond acceptors (Lipinski definition) is 1. The summed E-state index contributed by atoms with van der Waals surface area (Å²) in [6.07, 6.45) is -1.66. The molecule has 1 rings (SSSR count). The lowest BCUT2D eigenvalue weighted by atomic mass is 10.0. The van der Waals surface area contributed by atoms with Crippen molar-refractivity contribution in [3.8, 4) is 0 Å². The van der Waals surface area contributed by atoms with Crippen LogP contribution in [0.3, 0.4) is 0 Å². The number of unbranched alkanes of at least 4 members (excludes halogenated alkanes) is 1. The van der Waals surface area contributed by atoms with Crippen LogP contribution in [0.4, 0.5) is 13.2 Å². The molecule has 1 aromatic carbocycles. The summed E-state index contributed by atoms with van der Waals surface area (Å²) in [5.74, 6) is 0. The Hall–Kier alpha value is -1.29. The molecule has 0 aliphatic carbocycles. The van der Waals surface area contributed by atoms with E-state index in [2.05, 4.69) is 6.58 Å². The van der Waals surface area contributed by atoms with Gasteiger partial charge in [0.2, 0.25) is 0 Å². The molecule has 0 aromatic heterocycles. The van der Waals surface area contributed by atoms with Gasteiger partial charge in [0.05, 0.1) is 5.56 Å². The van der Waals surface area contributed by atoms with Crippen molar-refractivity contribution in [2.24, 2.45) is 0 Å². The van der Waals surface area contributed by atoms with Gasteiger partial charge in [-0.3, -0.25) is 0 Å². The van der Waals surface area contributed by atoms with Crippen molar-refractivity contribution in [1.82, 2.24) is 0 Å². The molecule has 18 heavy (non-hydrogen) atoms. The van der Waals surface area contributed by atoms with Crippen LogP contribution in [0.25, 0.3) is 5.57 Å². The molecule has 4 heteroatoms. The van der Waals surface area contributed by atoms with Crippen molar-refractivity contribution < 1.29 is 17.9 Å². The third-order valence-electron chi connectivity index (χ3n) is 2.70. The molecule has 0 aliphatic rings. The zero-order chi connectivity index (χ0) is 13.6. The van der Waals surface area contributed by atoms with Crippen molar-refractivity contribution in [1.29, 1.82) is 0 Å². The van der Waals surface area contributed by atoms with E-state index in [0.29, 0.717) is 6.61 Å². The number of alkyl halides is 3. The van der Waals surface area contributed by atoms with E-state index in [1.165, 1.54) is 12.1 Å². The highest BCUT2D eigenvalue weighted by Crippen LogP contribution is 2.30. The van der Waals surface area contributed by atoms with Gasteiger partial charge in [0.1, 0.15) is 0 Å². The van der Waals surface area contributed by atoms with E-state index in [0.717, 1.165) is 42.5 Å². The normalized spacial score (nSPS) is 11.6. The summed E-state index contributed by atoms with van der Waals surface area (Å²) >= 11 is 0. The summed E-state index contributed by atoms with van der Waals surface area (Å²) in [5, 5.41) is 0. The second-order valence-corrected chi connectivity index (χ2v) is 4.13. The van der Waals surface area contributed by atoms with Crippen LogP contribution < -0.4 is 0 Å². The van der Waals surface area contributed by atoms with Crippen LogP contribution in [0.2, 0.25) is 0 Å². The van der Waals surface area contributed by atoms with Crippen LogP contribution in [0.1, 0.15) is 30.4 Å². The van der Waals surface area contributed by atoms with Gasteiger partial charge in [-0.15, -0.1) is 0 Å². The van der Waals surface area contributed by atoms with Crippen LogP contribution in [0.5, 0.6) is 0 Å². The average Bonchev–Trinajstić information content (AvgIpc) is 2.33. The minimum Gasteiger partial charge on any atom is -0.385 e. The Morgan fingerprint density at radius 1 is 1.17 bits per heavy atom. The Morgan fingerprint density at radius 2 is 1.78 bits per heavy atom. The Kier molecular flexibility index (Phi) is 5.41. The molecule has 0 bridgehead atoms. The Morgan fingerprint density at radius 3 is 2.28 bits per heavy atom. The second kappa shape index (κ2) is 6.59. The Bertz CT molecular complexity index is 379. The molecule has 0 saturated carbocycles. The highest BCUT2D eigenvalue weighted by molar-refractivity contribution is 5.63. The fourth-order valence-electron chi connectivity index (χ4n) is 1.62. The standard InChI is InChI=1S/C14H17F3O/c1-11(5-3-4-10-18-2)12-6-8-13(9-7-12)14(15,16)17/h6-9H,1,3-5,10H2,2H3. The first-order valence-corrected chi connectivity index (χ1v) is 5.79. The zero-order valence-corrected chi connectivity index (χ0v) is 10.4. The SMILES string of the molecule is C=C(CCCCOC)c1ccc(C(F)(F)F)cc1. The van der Waals surface area contributed by atoms with Crippen molar-refractivity contribution in [2.75, 3.05) is 13.7 Å². The molecular formula is C14H17F3O. The monoisotopic (exact) mass is 258 g/mol. The largest absolute Gasteiger partial charge is 0.416 e. The van der Waals surface area contributed by atoms with Crippen molar-refractivity contribution >= 4 is 5.57 Å². The van der Waals surface area contributed by atoms with Crippen LogP contribution in [0.15, 0.2) is 30.8 Å². The van der Waals surface area contributed by atoms with Crippen LogP contribution in [-0.2, 0) is 10.9 Å². The molecule has 0 spiro atoms. The topological polar surface area (TPSA) is 9.23 Å². The smallest absolute Gasteiger partial charge is 0.385 e. The lowest BCUT2D eigenvalue weighted by Crippen LogP contribution is -2.04. The number of methoxy groups -OCH3 is 1. The molecule has 1 nitrogen and oxygen atoms in total. The molecule has 0 unspecified atom stereocenters. The summed E-state index contributed by atoms with van der Waals surface area (Å²) in [6.45, 7) is 4.59. The summed E-state index contributed by atoms with van der Waals surface area (Å²) in [6, 6.07) is 5.13. The minimum absolute atomic E-state index is 0.626. The van der Waals surface area contributed by atoms with E-state index in [-0.39, 0.29) is 0 Å². The maximum atomic E-state index is 12.4. The van der Waals surface area contributed by atoms with Crippen molar-refractivity contribution in [3.05, 3.63) is 42.0 Å². The number of ether oxygens (including phenoxy) is 1. The van der Waals surface area contributed by atoms with Gasteiger partial charge in [-0.05, 0) is 42.5 Å². The molecule has 100 valence electrons. The summed E-state index contributed by atoms with van der Waals surface area (Å²) in [4.78, 5) is 0. The number of hydrogen-bond donors (Lipinski definition) is 0. The summed E-state index contributed by atoms with van der Waals surface area (Å²) < 4.78 is 42.0. The fraction of sp³-hybridized carbons (Fsp3) is 0.429. The molecule has 0 aliphatic heterocycles. The number of halogens is 3. The molecule has 0 amide bonds. The van der Waals surface area contributed by atoms with Gasteiger partial charge in [0, 0.05) is 13.7 Å². The third-order valence-corrected chi connectivity index (χ3v) is 2.70. The third kappa shape index (κ3) is 4.53. The van der Waals surface area contributed by atoms with E-state index in [9.17, 15) is 13.2 Å². The molecule has 0 saturated heterocycles. The lowest BCUT2D eigenvalue weighted by molar-refractivity contribution is -0.137. The van der Waals surface area contributed by atoms with E-state index in [1.807, 2.05) is 0 Å². The summed E-state index contributed by atoms with van der Waals surface area (Å²) in [5.41, 5.74) is 0.999. The van der Waals surface area contributed by atoms with E-state index < -0.39 is 11.7 Å². The fourth-order valence-corrected chi connectivity index (χ4v) is 1.62. The van der Waals surface area contributed by atoms with Gasteiger partial charge in [0.15, 0.2) is 0 Å². The lowest BCUT2D eigenvalue weighted by Gasteiger charge is -2.09. The molecule has 1 aromatic rings. The second-order valence-electron chi connectivity index (χ2n) is 4.13. The van der Waals surface area contributed by atoms with Crippen LogP contribution >= 0.6 is 0 Å². The van der Waals surface area contributed by atoms with Crippen molar-refractivity contribution in [2.45, 2.75) is 25.4 Å². The number of allylic oxidation sites excluding steroid dienone is 1. The molecule has 0 atom stereocenters. The average molecular weight is 258 g/mol.